The molecule has 5 rings (SSSR count). The molecular formula is C38H64N4O29S. The third kappa shape index (κ3) is 14.2. The Kier molecular flexibility index (Phi) is 21.3. The lowest BCUT2D eigenvalue weighted by atomic mass is 9.93. The molecule has 33 nitrogen and oxygen atoms in total. The highest BCUT2D eigenvalue weighted by Gasteiger charge is 2.57. The number of hydrogen-bond acceptors (Lipinski definition) is 28. The molecule has 5 heterocycles. The van der Waals surface area contributed by atoms with E-state index in [2.05, 4.69) is 25.5 Å². The zero-order chi connectivity index (χ0) is 53.7. The fourth-order valence-corrected chi connectivity index (χ4v) is 9.10. The first-order valence-electron chi connectivity index (χ1n) is 22.2. The van der Waals surface area contributed by atoms with E-state index in [0.29, 0.717) is 0 Å². The minimum Gasteiger partial charge on any atom is -0.394 e. The van der Waals surface area contributed by atoms with Gasteiger partial charge in [-0.25, -0.2) is 4.18 Å². The van der Waals surface area contributed by atoms with Gasteiger partial charge >= 0.3 is 10.4 Å². The number of carbonyl (C=O) groups is 4. The summed E-state index contributed by atoms with van der Waals surface area (Å²) >= 11 is 0. The molecule has 5 aliphatic heterocycles. The number of carbonyl (C=O) groups excluding carboxylic acids is 4. The van der Waals surface area contributed by atoms with Gasteiger partial charge in [-0.2, -0.15) is 8.42 Å². The first-order chi connectivity index (χ1) is 33.7. The monoisotopic (exact) mass is 1070 g/mol. The lowest BCUT2D eigenvalue weighted by Crippen LogP contribution is -2.72. The van der Waals surface area contributed by atoms with Crippen molar-refractivity contribution in [2.24, 2.45) is 0 Å². The van der Waals surface area contributed by atoms with Crippen LogP contribution in [0.1, 0.15) is 27.7 Å². The van der Waals surface area contributed by atoms with E-state index in [1.807, 2.05) is 0 Å². The second kappa shape index (κ2) is 25.6. The van der Waals surface area contributed by atoms with Crippen LogP contribution in [0.15, 0.2) is 0 Å². The molecule has 0 spiro atoms. The summed E-state index contributed by atoms with van der Waals surface area (Å²) in [6.45, 7) is -1.03. The molecular weight excluding hydrogens is 1010 g/mol. The molecule has 0 radical (unpaired) electrons. The second-order valence-electron chi connectivity index (χ2n) is 17.4. The number of hydrogen-bond donors (Lipinski definition) is 17. The van der Waals surface area contributed by atoms with E-state index < -0.39 is 220 Å². The van der Waals surface area contributed by atoms with Crippen LogP contribution in [-0.2, 0) is 76.4 Å². The number of amides is 4. The van der Waals surface area contributed by atoms with E-state index in [9.17, 15) is 93.4 Å². The summed E-state index contributed by atoms with van der Waals surface area (Å²) in [5.41, 5.74) is 0. The van der Waals surface area contributed by atoms with Crippen molar-refractivity contribution in [2.75, 3.05) is 33.0 Å². The zero-order valence-corrected chi connectivity index (χ0v) is 39.5. The smallest absolute Gasteiger partial charge is 0.394 e. The molecule has 0 aromatic rings. The topological polar surface area (TPSA) is 506 Å². The number of ether oxygens (including phenoxy) is 9. The maximum absolute atomic E-state index is 12.6. The lowest BCUT2D eigenvalue weighted by molar-refractivity contribution is -0.370. The van der Waals surface area contributed by atoms with Crippen LogP contribution in [0.2, 0.25) is 0 Å². The van der Waals surface area contributed by atoms with E-state index in [-0.39, 0.29) is 0 Å². The first-order valence-corrected chi connectivity index (χ1v) is 23.6. The first kappa shape index (κ1) is 59.8. The van der Waals surface area contributed by atoms with Crippen molar-refractivity contribution in [3.63, 3.8) is 0 Å². The van der Waals surface area contributed by atoms with Gasteiger partial charge in [0.05, 0.1) is 33.0 Å². The van der Waals surface area contributed by atoms with Gasteiger partial charge in [-0.05, 0) is 0 Å². The van der Waals surface area contributed by atoms with Crippen LogP contribution in [0, 0.1) is 0 Å². The largest absolute Gasteiger partial charge is 0.397 e. The summed E-state index contributed by atoms with van der Waals surface area (Å²) in [7, 11) is -5.18. The number of aliphatic hydroxyl groups is 12. The minimum atomic E-state index is -5.18. The predicted molar refractivity (Wildman–Crippen MR) is 223 cm³/mol. The van der Waals surface area contributed by atoms with E-state index >= 15 is 0 Å². The molecule has 72 heavy (non-hydrogen) atoms. The average Bonchev–Trinajstić information content (AvgIpc) is 3.30. The van der Waals surface area contributed by atoms with Crippen molar-refractivity contribution in [2.45, 2.75) is 181 Å². The molecule has 416 valence electrons. The lowest BCUT2D eigenvalue weighted by Gasteiger charge is -2.51. The third-order valence-electron chi connectivity index (χ3n) is 12.1. The van der Waals surface area contributed by atoms with Crippen LogP contribution in [-0.4, -0.2) is 284 Å². The fraction of sp³-hybridized carbons (Fsp3) is 0.895. The summed E-state index contributed by atoms with van der Waals surface area (Å²) in [5, 5.41) is 139. The highest BCUT2D eigenvalue weighted by molar-refractivity contribution is 7.80. The maximum atomic E-state index is 12.6. The van der Waals surface area contributed by atoms with Crippen LogP contribution in [0.3, 0.4) is 0 Å². The second-order valence-corrected chi connectivity index (χ2v) is 18.5. The molecule has 25 atom stereocenters. The van der Waals surface area contributed by atoms with Crippen molar-refractivity contribution in [3.8, 4) is 0 Å². The minimum absolute atomic E-state index is 0.787. The van der Waals surface area contributed by atoms with Crippen LogP contribution in [0.4, 0.5) is 0 Å². The van der Waals surface area contributed by atoms with Gasteiger partial charge in [-0.15, -0.1) is 0 Å². The summed E-state index contributed by atoms with van der Waals surface area (Å²) < 4.78 is 88.6. The molecule has 0 aromatic carbocycles. The Morgan fingerprint density at radius 3 is 1.06 bits per heavy atom. The standard InChI is InChI=1S/C38H64N4O29S/c1-10(47)39-19-24(52)33(18(63-34(19)58)9-62-72(59,60)61)70-37-21(41-12(3)49)26(54)31(16(7-45)66-37)68-35-20(40-11(2)48)25(53)30(15(6-44)65-35)69-36-22(42-13(4)50)27(55)32(17(8-46)67-36)71-38-29(57)28(56)23(51)14(5-43)64-38/h14-38,43-46,51-58H,5-9H2,1-4H3,(H,39,47)(H,40,48)(H,41,49)(H,42,50)(H,59,60,61)/t14-,15-,16-,17-,18-,19-,20-,21-,22-,23+,24-,25-,26-,27-,28+,29-,30-,31-,32-,33-,34?,35+,36+,37+,38+/m1/s1. The van der Waals surface area contributed by atoms with Crippen molar-refractivity contribution in [1.82, 2.24) is 21.3 Å². The molecule has 5 fully saturated rings. The van der Waals surface area contributed by atoms with Crippen molar-refractivity contribution in [1.29, 1.82) is 0 Å². The molecule has 34 heteroatoms. The predicted octanol–water partition coefficient (Wildman–Crippen LogP) is -11.5. The molecule has 0 aliphatic carbocycles. The van der Waals surface area contributed by atoms with Crippen LogP contribution in [0.25, 0.3) is 0 Å². The van der Waals surface area contributed by atoms with Gasteiger partial charge in [0.1, 0.15) is 122 Å². The van der Waals surface area contributed by atoms with Crippen LogP contribution >= 0.6 is 0 Å². The van der Waals surface area contributed by atoms with Crippen molar-refractivity contribution in [3.05, 3.63) is 0 Å². The summed E-state index contributed by atoms with van der Waals surface area (Å²) in [6, 6.07) is -6.93. The van der Waals surface area contributed by atoms with Crippen molar-refractivity contribution >= 4 is 34.0 Å². The summed E-state index contributed by atoms with van der Waals surface area (Å²) in [6.07, 6.45) is -39.2. The highest BCUT2D eigenvalue weighted by Crippen LogP contribution is 2.36. The Balaban J connectivity index is 1.40. The number of rotatable bonds is 19. The Labute approximate surface area is 409 Å². The average molecular weight is 1070 g/mol. The quantitative estimate of drug-likeness (QED) is 0.0534. The molecule has 0 bridgehead atoms. The molecule has 1 unspecified atom stereocenters. The molecule has 5 aliphatic rings. The molecule has 4 amide bonds. The Morgan fingerprint density at radius 1 is 0.417 bits per heavy atom. The van der Waals surface area contributed by atoms with Gasteiger partial charge < -0.3 is 125 Å². The zero-order valence-electron chi connectivity index (χ0n) is 38.7. The summed E-state index contributed by atoms with van der Waals surface area (Å²) in [4.78, 5) is 49.6. The van der Waals surface area contributed by atoms with Gasteiger partial charge in [0.25, 0.3) is 0 Å². The normalized spacial score (nSPS) is 43.8. The van der Waals surface area contributed by atoms with Gasteiger partial charge in [0.2, 0.25) is 23.6 Å². The van der Waals surface area contributed by atoms with Crippen LogP contribution < -0.4 is 21.3 Å². The maximum Gasteiger partial charge on any atom is 0.397 e. The van der Waals surface area contributed by atoms with Crippen molar-refractivity contribution < 1.29 is 140 Å². The van der Waals surface area contributed by atoms with E-state index in [1.165, 1.54) is 0 Å². The van der Waals surface area contributed by atoms with E-state index in [4.69, 9.17) is 42.6 Å². The van der Waals surface area contributed by atoms with Gasteiger partial charge in [-0.3, -0.25) is 23.7 Å². The van der Waals surface area contributed by atoms with Crippen LogP contribution in [0.5, 0.6) is 0 Å². The third-order valence-corrected chi connectivity index (χ3v) is 12.6. The SMILES string of the molecule is CC(=O)N[C@H]1[C@H](O[C@H]2[C@H](O)[C@@H](NC(C)=O)[C@H](O[C@H]3[C@H](O)[C@@H](NC(C)=O)[C@H](O[C@H]4[C@H](O)[C@@H](NC(C)=O)C(O)O[C@@H]4COS(=O)(=O)O)O[C@@H]3CO)O[C@@H]2CO)O[C@H](CO)[C@@H](O[C@@H]2O[C@H](CO)[C@H](O)[C@H](O)[C@H]2O)[C@@H]1O. The fourth-order valence-electron chi connectivity index (χ4n) is 8.80. The number of nitrogens with one attached hydrogen (secondary N) is 4. The molecule has 5 saturated heterocycles. The highest BCUT2D eigenvalue weighted by atomic mass is 32.3. The van der Waals surface area contributed by atoms with E-state index in [1.54, 1.807) is 0 Å². The van der Waals surface area contributed by atoms with Gasteiger partial charge in [-0.1, -0.05) is 0 Å². The molecule has 17 N–H and O–H groups in total. The van der Waals surface area contributed by atoms with Gasteiger partial charge in [0, 0.05) is 27.7 Å². The Morgan fingerprint density at radius 2 is 0.722 bits per heavy atom. The number of aliphatic hydroxyl groups excluding tert-OH is 12. The Bertz CT molecular complexity index is 1930. The molecule has 0 saturated carbocycles. The summed E-state index contributed by atoms with van der Waals surface area (Å²) in [5.74, 6) is -3.31. The Hall–Kier alpha value is -3.09. The van der Waals surface area contributed by atoms with Gasteiger partial charge in [0.15, 0.2) is 31.5 Å². The van der Waals surface area contributed by atoms with E-state index in [0.717, 1.165) is 27.7 Å². The molecule has 0 aromatic heterocycles.